The largest absolute Gasteiger partial charge is 0.497 e. The van der Waals surface area contributed by atoms with Crippen molar-refractivity contribution in [1.82, 2.24) is 10.6 Å². The molecule has 0 saturated carbocycles. The standard InChI is InChI=1S/C19H25N3O2/c1-20-19(22-15-16-8-4-3-5-9-16)21-12-7-13-24-18-11-6-10-17(14-18)23-2/h3-6,8-11,14H,7,12-13,15H2,1-2H3,(H2,20,21,22). The molecule has 0 heterocycles. The Morgan fingerprint density at radius 3 is 2.54 bits per heavy atom. The van der Waals surface area contributed by atoms with Crippen molar-refractivity contribution in [2.24, 2.45) is 4.99 Å². The minimum absolute atomic E-state index is 0.635. The van der Waals surface area contributed by atoms with E-state index in [1.807, 2.05) is 42.5 Å². The number of hydrogen-bond acceptors (Lipinski definition) is 3. The monoisotopic (exact) mass is 327 g/mol. The zero-order valence-electron chi connectivity index (χ0n) is 14.3. The fraction of sp³-hybridized carbons (Fsp3) is 0.316. The van der Waals surface area contributed by atoms with Gasteiger partial charge in [0.1, 0.15) is 11.5 Å². The lowest BCUT2D eigenvalue weighted by Gasteiger charge is -2.12. The van der Waals surface area contributed by atoms with Crippen molar-refractivity contribution in [2.75, 3.05) is 27.3 Å². The molecule has 2 N–H and O–H groups in total. The van der Waals surface area contributed by atoms with Gasteiger partial charge < -0.3 is 20.1 Å². The van der Waals surface area contributed by atoms with Crippen molar-refractivity contribution in [1.29, 1.82) is 0 Å². The van der Waals surface area contributed by atoms with Crippen LogP contribution in [0.5, 0.6) is 11.5 Å². The SMILES string of the molecule is CN=C(NCCCOc1cccc(OC)c1)NCc1ccccc1. The van der Waals surface area contributed by atoms with E-state index in [1.165, 1.54) is 5.56 Å². The lowest BCUT2D eigenvalue weighted by molar-refractivity contribution is 0.308. The van der Waals surface area contributed by atoms with Crippen LogP contribution in [0, 0.1) is 0 Å². The number of ether oxygens (including phenoxy) is 2. The average molecular weight is 327 g/mol. The normalized spacial score (nSPS) is 11.0. The molecule has 0 unspecified atom stereocenters. The molecule has 0 aliphatic heterocycles. The number of benzene rings is 2. The van der Waals surface area contributed by atoms with Crippen LogP contribution < -0.4 is 20.1 Å². The molecule has 5 nitrogen and oxygen atoms in total. The van der Waals surface area contributed by atoms with Gasteiger partial charge in [0, 0.05) is 26.2 Å². The van der Waals surface area contributed by atoms with Crippen molar-refractivity contribution < 1.29 is 9.47 Å². The Bertz CT molecular complexity index is 630. The predicted molar refractivity (Wildman–Crippen MR) is 97.7 cm³/mol. The van der Waals surface area contributed by atoms with Gasteiger partial charge in [0.25, 0.3) is 0 Å². The lowest BCUT2D eigenvalue weighted by Crippen LogP contribution is -2.37. The summed E-state index contributed by atoms with van der Waals surface area (Å²) < 4.78 is 10.9. The Morgan fingerprint density at radius 1 is 1.00 bits per heavy atom. The smallest absolute Gasteiger partial charge is 0.191 e. The summed E-state index contributed by atoms with van der Waals surface area (Å²) in [5.41, 5.74) is 1.22. The first kappa shape index (κ1) is 17.7. The minimum Gasteiger partial charge on any atom is -0.497 e. The van der Waals surface area contributed by atoms with Gasteiger partial charge in [-0.1, -0.05) is 36.4 Å². The van der Waals surface area contributed by atoms with Crippen LogP contribution in [0.3, 0.4) is 0 Å². The molecule has 0 fully saturated rings. The van der Waals surface area contributed by atoms with Gasteiger partial charge in [0.2, 0.25) is 0 Å². The van der Waals surface area contributed by atoms with Crippen molar-refractivity contribution in [3.05, 3.63) is 60.2 Å². The van der Waals surface area contributed by atoms with Crippen LogP contribution in [-0.4, -0.2) is 33.3 Å². The highest BCUT2D eigenvalue weighted by molar-refractivity contribution is 5.79. The van der Waals surface area contributed by atoms with E-state index in [0.717, 1.165) is 37.0 Å². The summed E-state index contributed by atoms with van der Waals surface area (Å²) in [6.07, 6.45) is 0.878. The van der Waals surface area contributed by atoms with Crippen LogP contribution >= 0.6 is 0 Å². The quantitative estimate of drug-likeness (QED) is 0.445. The highest BCUT2D eigenvalue weighted by Gasteiger charge is 1.99. The number of hydrogen-bond donors (Lipinski definition) is 2. The number of aliphatic imine (C=N–C) groups is 1. The van der Waals surface area contributed by atoms with Crippen molar-refractivity contribution in [2.45, 2.75) is 13.0 Å². The molecule has 0 aliphatic rings. The molecule has 0 bridgehead atoms. The summed E-state index contributed by atoms with van der Waals surface area (Å²) in [6, 6.07) is 17.9. The van der Waals surface area contributed by atoms with E-state index in [4.69, 9.17) is 9.47 Å². The second-order valence-corrected chi connectivity index (χ2v) is 5.22. The van der Waals surface area contributed by atoms with Crippen LogP contribution in [0.2, 0.25) is 0 Å². The first-order valence-electron chi connectivity index (χ1n) is 8.07. The van der Waals surface area contributed by atoms with E-state index in [9.17, 15) is 0 Å². The molecular weight excluding hydrogens is 302 g/mol. The fourth-order valence-electron chi connectivity index (χ4n) is 2.16. The van der Waals surface area contributed by atoms with Crippen LogP contribution in [-0.2, 0) is 6.54 Å². The minimum atomic E-state index is 0.635. The Hall–Kier alpha value is -2.69. The number of methoxy groups -OCH3 is 1. The van der Waals surface area contributed by atoms with E-state index in [1.54, 1.807) is 14.2 Å². The Morgan fingerprint density at radius 2 is 1.79 bits per heavy atom. The molecule has 2 aromatic rings. The molecule has 5 heteroatoms. The van der Waals surface area contributed by atoms with Gasteiger partial charge in [0.05, 0.1) is 13.7 Å². The van der Waals surface area contributed by atoms with E-state index >= 15 is 0 Å². The van der Waals surface area contributed by atoms with E-state index in [0.29, 0.717) is 6.61 Å². The van der Waals surface area contributed by atoms with Gasteiger partial charge in [-0.3, -0.25) is 4.99 Å². The zero-order chi connectivity index (χ0) is 17.0. The van der Waals surface area contributed by atoms with E-state index in [2.05, 4.69) is 27.8 Å². The van der Waals surface area contributed by atoms with Gasteiger partial charge in [-0.2, -0.15) is 0 Å². The lowest BCUT2D eigenvalue weighted by atomic mass is 10.2. The first-order valence-corrected chi connectivity index (χ1v) is 8.07. The Labute approximate surface area is 143 Å². The van der Waals surface area contributed by atoms with Gasteiger partial charge >= 0.3 is 0 Å². The molecule has 0 spiro atoms. The Balaban J connectivity index is 1.63. The maximum atomic E-state index is 5.71. The van der Waals surface area contributed by atoms with Crippen LogP contribution in [0.25, 0.3) is 0 Å². The van der Waals surface area contributed by atoms with E-state index in [-0.39, 0.29) is 0 Å². The molecule has 24 heavy (non-hydrogen) atoms. The summed E-state index contributed by atoms with van der Waals surface area (Å²) in [6.45, 7) is 2.18. The van der Waals surface area contributed by atoms with Crippen molar-refractivity contribution in [3.8, 4) is 11.5 Å². The second kappa shape index (κ2) is 10.2. The number of nitrogens with one attached hydrogen (secondary N) is 2. The molecule has 0 saturated heterocycles. The maximum absolute atomic E-state index is 5.71. The molecule has 0 amide bonds. The fourth-order valence-corrected chi connectivity index (χ4v) is 2.16. The number of rotatable bonds is 8. The number of nitrogens with zero attached hydrogens (tertiary/aromatic N) is 1. The van der Waals surface area contributed by atoms with Gasteiger partial charge in [-0.15, -0.1) is 0 Å². The third-order valence-electron chi connectivity index (χ3n) is 3.45. The zero-order valence-corrected chi connectivity index (χ0v) is 14.3. The van der Waals surface area contributed by atoms with Gasteiger partial charge in [-0.05, 0) is 24.1 Å². The molecule has 2 rings (SSSR count). The maximum Gasteiger partial charge on any atom is 0.191 e. The highest BCUT2D eigenvalue weighted by atomic mass is 16.5. The van der Waals surface area contributed by atoms with Gasteiger partial charge in [0.15, 0.2) is 5.96 Å². The van der Waals surface area contributed by atoms with Gasteiger partial charge in [-0.25, -0.2) is 0 Å². The predicted octanol–water partition coefficient (Wildman–Crippen LogP) is 2.83. The summed E-state index contributed by atoms with van der Waals surface area (Å²) >= 11 is 0. The molecule has 0 atom stereocenters. The average Bonchev–Trinajstić information content (AvgIpc) is 2.65. The summed E-state index contributed by atoms with van der Waals surface area (Å²) in [4.78, 5) is 4.22. The van der Waals surface area contributed by atoms with Crippen LogP contribution in [0.1, 0.15) is 12.0 Å². The molecule has 0 radical (unpaired) electrons. The van der Waals surface area contributed by atoms with Crippen molar-refractivity contribution >= 4 is 5.96 Å². The second-order valence-electron chi connectivity index (χ2n) is 5.22. The molecule has 2 aromatic carbocycles. The topological polar surface area (TPSA) is 54.9 Å². The van der Waals surface area contributed by atoms with Crippen LogP contribution in [0.4, 0.5) is 0 Å². The first-order chi connectivity index (χ1) is 11.8. The molecule has 0 aliphatic carbocycles. The third-order valence-corrected chi connectivity index (χ3v) is 3.45. The number of guanidine groups is 1. The highest BCUT2D eigenvalue weighted by Crippen LogP contribution is 2.18. The summed E-state index contributed by atoms with van der Waals surface area (Å²) in [7, 11) is 3.42. The summed E-state index contributed by atoms with van der Waals surface area (Å²) in [5.74, 6) is 2.41. The Kier molecular flexibility index (Phi) is 7.47. The molecule has 128 valence electrons. The molecule has 0 aromatic heterocycles. The van der Waals surface area contributed by atoms with Crippen LogP contribution in [0.15, 0.2) is 59.6 Å². The third kappa shape index (κ3) is 6.20. The van der Waals surface area contributed by atoms with Crippen molar-refractivity contribution in [3.63, 3.8) is 0 Å². The van der Waals surface area contributed by atoms with E-state index < -0.39 is 0 Å². The molecular formula is C19H25N3O2. The summed E-state index contributed by atoms with van der Waals surface area (Å²) in [5, 5.41) is 6.57.